The van der Waals surface area contributed by atoms with E-state index in [4.69, 9.17) is 9.47 Å². The molecule has 0 heterocycles. The monoisotopic (exact) mass is 220 g/mol. The van der Waals surface area contributed by atoms with Crippen LogP contribution in [0.3, 0.4) is 0 Å². The van der Waals surface area contributed by atoms with Crippen molar-refractivity contribution in [3.63, 3.8) is 0 Å². The molecule has 0 spiro atoms. The predicted octanol–water partition coefficient (Wildman–Crippen LogP) is 3.16. The molecule has 16 heavy (non-hydrogen) atoms. The Morgan fingerprint density at radius 2 is 1.75 bits per heavy atom. The highest BCUT2D eigenvalue weighted by atomic mass is 16.5. The van der Waals surface area contributed by atoms with E-state index >= 15 is 0 Å². The summed E-state index contributed by atoms with van der Waals surface area (Å²) in [6.07, 6.45) is 5.63. The van der Waals surface area contributed by atoms with Gasteiger partial charge in [0.2, 0.25) is 0 Å². The van der Waals surface area contributed by atoms with Crippen LogP contribution >= 0.6 is 0 Å². The van der Waals surface area contributed by atoms with E-state index in [1.54, 1.807) is 0 Å². The number of hydrogen-bond acceptors (Lipinski definition) is 2. The van der Waals surface area contributed by atoms with Crippen molar-refractivity contribution in [3.05, 3.63) is 35.9 Å². The molecule has 1 saturated carbocycles. The Kier molecular flexibility index (Phi) is 4.84. The number of ether oxygens (including phenoxy) is 2. The zero-order valence-electron chi connectivity index (χ0n) is 9.73. The molecule has 2 nitrogen and oxygen atoms in total. The Morgan fingerprint density at radius 1 is 1.00 bits per heavy atom. The first-order valence-corrected chi connectivity index (χ1v) is 6.18. The lowest BCUT2D eigenvalue weighted by Gasteiger charge is -2.11. The third kappa shape index (κ3) is 3.95. The Hall–Kier alpha value is -0.860. The van der Waals surface area contributed by atoms with Gasteiger partial charge in [-0.05, 0) is 18.4 Å². The van der Waals surface area contributed by atoms with Crippen LogP contribution < -0.4 is 0 Å². The van der Waals surface area contributed by atoms with Gasteiger partial charge in [-0.25, -0.2) is 0 Å². The third-order valence-electron chi connectivity index (χ3n) is 2.99. The fourth-order valence-corrected chi connectivity index (χ4v) is 2.09. The van der Waals surface area contributed by atoms with E-state index in [0.29, 0.717) is 19.3 Å². The fourth-order valence-electron chi connectivity index (χ4n) is 2.09. The normalized spacial score (nSPS) is 16.8. The summed E-state index contributed by atoms with van der Waals surface area (Å²) in [6, 6.07) is 10.3. The summed E-state index contributed by atoms with van der Waals surface area (Å²) < 4.78 is 11.3. The maximum atomic E-state index is 5.72. The van der Waals surface area contributed by atoms with Crippen molar-refractivity contribution in [3.8, 4) is 0 Å². The molecule has 0 bridgehead atoms. The number of benzene rings is 1. The molecule has 0 aromatic heterocycles. The summed E-state index contributed by atoms with van der Waals surface area (Å²) >= 11 is 0. The van der Waals surface area contributed by atoms with Crippen molar-refractivity contribution in [2.24, 2.45) is 0 Å². The molecule has 1 aromatic carbocycles. The molecule has 2 heteroatoms. The molecule has 2 rings (SSSR count). The highest BCUT2D eigenvalue weighted by Gasteiger charge is 2.14. The predicted molar refractivity (Wildman–Crippen MR) is 64.3 cm³/mol. The molecule has 1 aliphatic rings. The second-order valence-electron chi connectivity index (χ2n) is 4.32. The molecular weight excluding hydrogens is 200 g/mol. The Bertz CT molecular complexity index is 278. The molecule has 1 aromatic rings. The molecule has 1 aliphatic carbocycles. The smallest absolute Gasteiger partial charge is 0.0718 e. The van der Waals surface area contributed by atoms with Crippen LogP contribution in [-0.2, 0) is 16.1 Å². The van der Waals surface area contributed by atoms with Crippen LogP contribution in [0, 0.1) is 0 Å². The molecule has 0 aliphatic heterocycles. The Balaban J connectivity index is 1.52. The zero-order valence-corrected chi connectivity index (χ0v) is 9.73. The van der Waals surface area contributed by atoms with Crippen molar-refractivity contribution in [2.75, 3.05) is 13.2 Å². The molecule has 0 saturated heterocycles. The lowest BCUT2D eigenvalue weighted by molar-refractivity contribution is 0.00333. The molecule has 88 valence electrons. The van der Waals surface area contributed by atoms with Gasteiger partial charge in [0.1, 0.15) is 0 Å². The highest BCUT2D eigenvalue weighted by Crippen LogP contribution is 2.20. The van der Waals surface area contributed by atoms with E-state index in [9.17, 15) is 0 Å². The highest BCUT2D eigenvalue weighted by molar-refractivity contribution is 5.13. The van der Waals surface area contributed by atoms with Gasteiger partial charge in [0.15, 0.2) is 0 Å². The minimum atomic E-state index is 0.500. The SMILES string of the molecule is c1ccc(COCCOC2CCCC2)cc1. The average Bonchev–Trinajstić information content (AvgIpc) is 2.83. The van der Waals surface area contributed by atoms with Crippen molar-refractivity contribution >= 4 is 0 Å². The van der Waals surface area contributed by atoms with Gasteiger partial charge in [0.05, 0.1) is 25.9 Å². The summed E-state index contributed by atoms with van der Waals surface area (Å²) in [7, 11) is 0. The van der Waals surface area contributed by atoms with Crippen molar-refractivity contribution < 1.29 is 9.47 Å². The van der Waals surface area contributed by atoms with Gasteiger partial charge in [-0.3, -0.25) is 0 Å². The molecule has 0 amide bonds. The average molecular weight is 220 g/mol. The van der Waals surface area contributed by atoms with Crippen LogP contribution in [0.25, 0.3) is 0 Å². The lowest BCUT2D eigenvalue weighted by Crippen LogP contribution is -2.12. The van der Waals surface area contributed by atoms with Gasteiger partial charge < -0.3 is 9.47 Å². The zero-order chi connectivity index (χ0) is 11.1. The summed E-state index contributed by atoms with van der Waals surface area (Å²) in [5, 5.41) is 0. The largest absolute Gasteiger partial charge is 0.376 e. The topological polar surface area (TPSA) is 18.5 Å². The van der Waals surface area contributed by atoms with Gasteiger partial charge in [-0.2, -0.15) is 0 Å². The van der Waals surface area contributed by atoms with Gasteiger partial charge in [-0.1, -0.05) is 43.2 Å². The summed E-state index contributed by atoms with van der Waals surface area (Å²) in [6.45, 7) is 2.12. The van der Waals surface area contributed by atoms with E-state index in [2.05, 4.69) is 12.1 Å². The maximum Gasteiger partial charge on any atom is 0.0718 e. The second-order valence-corrected chi connectivity index (χ2v) is 4.32. The summed E-state index contributed by atoms with van der Waals surface area (Å²) in [5.41, 5.74) is 1.23. The van der Waals surface area contributed by atoms with Gasteiger partial charge >= 0.3 is 0 Å². The van der Waals surface area contributed by atoms with Crippen molar-refractivity contribution in [2.45, 2.75) is 38.4 Å². The van der Waals surface area contributed by atoms with E-state index < -0.39 is 0 Å². The van der Waals surface area contributed by atoms with E-state index in [1.165, 1.54) is 31.2 Å². The number of hydrogen-bond donors (Lipinski definition) is 0. The van der Waals surface area contributed by atoms with Crippen LogP contribution in [0.5, 0.6) is 0 Å². The van der Waals surface area contributed by atoms with E-state index in [-0.39, 0.29) is 0 Å². The maximum absolute atomic E-state index is 5.72. The molecular formula is C14H20O2. The summed E-state index contributed by atoms with van der Waals surface area (Å²) in [4.78, 5) is 0. The van der Waals surface area contributed by atoms with E-state index in [1.807, 2.05) is 18.2 Å². The minimum Gasteiger partial charge on any atom is -0.376 e. The minimum absolute atomic E-state index is 0.500. The van der Waals surface area contributed by atoms with Crippen molar-refractivity contribution in [1.29, 1.82) is 0 Å². The molecule has 0 unspecified atom stereocenters. The molecule has 0 N–H and O–H groups in total. The van der Waals surface area contributed by atoms with Crippen LogP contribution in [0.1, 0.15) is 31.2 Å². The van der Waals surface area contributed by atoms with Crippen LogP contribution in [0.2, 0.25) is 0 Å². The van der Waals surface area contributed by atoms with E-state index in [0.717, 1.165) is 6.61 Å². The lowest BCUT2D eigenvalue weighted by atomic mass is 10.2. The second kappa shape index (κ2) is 6.66. The van der Waals surface area contributed by atoms with Gasteiger partial charge in [0.25, 0.3) is 0 Å². The van der Waals surface area contributed by atoms with Gasteiger partial charge in [0, 0.05) is 0 Å². The number of rotatable bonds is 6. The quantitative estimate of drug-likeness (QED) is 0.686. The van der Waals surface area contributed by atoms with Crippen LogP contribution in [0.15, 0.2) is 30.3 Å². The standard InChI is InChI=1S/C14H20O2/c1-2-6-13(7-3-1)12-15-10-11-16-14-8-4-5-9-14/h1-3,6-7,14H,4-5,8-12H2. The first kappa shape index (κ1) is 11.6. The third-order valence-corrected chi connectivity index (χ3v) is 2.99. The Morgan fingerprint density at radius 3 is 2.50 bits per heavy atom. The fraction of sp³-hybridized carbons (Fsp3) is 0.571. The Labute approximate surface area is 97.6 Å². The molecule has 0 radical (unpaired) electrons. The summed E-state index contributed by atoms with van der Waals surface area (Å²) in [5.74, 6) is 0. The molecule has 0 atom stereocenters. The first-order chi connectivity index (χ1) is 7.95. The first-order valence-electron chi connectivity index (χ1n) is 6.18. The van der Waals surface area contributed by atoms with Gasteiger partial charge in [-0.15, -0.1) is 0 Å². The van der Waals surface area contributed by atoms with Crippen LogP contribution in [-0.4, -0.2) is 19.3 Å². The molecule has 1 fully saturated rings. The van der Waals surface area contributed by atoms with Crippen LogP contribution in [0.4, 0.5) is 0 Å². The van der Waals surface area contributed by atoms with Crippen molar-refractivity contribution in [1.82, 2.24) is 0 Å².